The molecule has 0 aliphatic rings. The van der Waals surface area contributed by atoms with Crippen molar-refractivity contribution in [3.63, 3.8) is 0 Å². The van der Waals surface area contributed by atoms with Crippen molar-refractivity contribution in [2.75, 3.05) is 71.1 Å². The van der Waals surface area contributed by atoms with Crippen molar-refractivity contribution in [1.82, 2.24) is 0 Å². The smallest absolute Gasteiger partial charge is 0.107 e. The van der Waals surface area contributed by atoms with E-state index in [1.807, 2.05) is 0 Å². The molecule has 0 N–H and O–H groups in total. The van der Waals surface area contributed by atoms with Gasteiger partial charge in [0.05, 0.1) is 59.6 Å². The number of nitrogens with zero attached hydrogens (tertiary/aromatic N) is 2. The number of rotatable bonds is 18. The van der Waals surface area contributed by atoms with Crippen LogP contribution in [0.15, 0.2) is 0 Å². The van der Waals surface area contributed by atoms with E-state index in [0.29, 0.717) is 10.9 Å². The average Bonchev–Trinajstić information content (AvgIpc) is 2.66. The summed E-state index contributed by atoms with van der Waals surface area (Å²) in [6.45, 7) is 17.2. The molecule has 0 aromatic carbocycles. The van der Waals surface area contributed by atoms with Gasteiger partial charge in [-0.05, 0) is 90.0 Å². The third-order valence-corrected chi connectivity index (χ3v) is 8.91. The first-order valence-corrected chi connectivity index (χ1v) is 13.6. The molecule has 0 spiro atoms. The highest BCUT2D eigenvalue weighted by Gasteiger charge is 2.16. The second-order valence-corrected chi connectivity index (χ2v) is 11.3. The van der Waals surface area contributed by atoms with Crippen LogP contribution in [0.4, 0.5) is 0 Å². The van der Waals surface area contributed by atoms with Crippen molar-refractivity contribution < 1.29 is 8.97 Å². The van der Waals surface area contributed by atoms with E-state index in [2.05, 4.69) is 48.0 Å². The number of hydrogen-bond acceptors (Lipinski definition) is 0. The van der Waals surface area contributed by atoms with Gasteiger partial charge in [-0.3, -0.25) is 0 Å². The second kappa shape index (κ2) is 15.2. The fraction of sp³-hybridized carbons (Fsp3) is 1.00. The quantitative estimate of drug-likeness (QED) is 0.169. The Morgan fingerprint density at radius 1 is 0.500 bits per heavy atom. The van der Waals surface area contributed by atoms with Gasteiger partial charge in [0.25, 0.3) is 0 Å². The zero-order valence-corrected chi connectivity index (χ0v) is 20.4. The normalized spacial score (nSPS) is 12.9. The third kappa shape index (κ3) is 12.6. The summed E-state index contributed by atoms with van der Waals surface area (Å²) in [4.78, 5) is 0. The van der Waals surface area contributed by atoms with Crippen molar-refractivity contribution in [1.29, 1.82) is 0 Å². The van der Waals surface area contributed by atoms with Crippen LogP contribution in [0, 0.1) is 0 Å². The van der Waals surface area contributed by atoms with E-state index in [9.17, 15) is 0 Å². The Balaban J connectivity index is 3.51. The monoisotopic (exact) mass is 389 g/mol. The summed E-state index contributed by atoms with van der Waals surface area (Å²) in [5.41, 5.74) is 0. The molecule has 26 heavy (non-hydrogen) atoms. The maximum absolute atomic E-state index is 2.50. The fourth-order valence-electron chi connectivity index (χ4n) is 3.57. The van der Waals surface area contributed by atoms with E-state index < -0.39 is 0 Å². The molecule has 0 aliphatic heterocycles. The first kappa shape index (κ1) is 26.3. The summed E-state index contributed by atoms with van der Waals surface area (Å²) in [6.07, 6.45) is 14.1. The molecule has 0 aliphatic carbocycles. The van der Waals surface area contributed by atoms with Crippen LogP contribution in [0.5, 0.6) is 0 Å². The van der Waals surface area contributed by atoms with E-state index in [1.54, 1.807) is 0 Å². The van der Waals surface area contributed by atoms with Gasteiger partial charge in [0, 0.05) is 0 Å². The standard InChI is InChI=1S/C23H53N2S/c1-8-24(5,9-2)20-16-12-14-18-22-26(7)23-19-15-13-17-21-25(6,10-3)11-4/h8-23H2,1-7H3/q+3. The lowest BCUT2D eigenvalue weighted by Crippen LogP contribution is -2.44. The average molecular weight is 390 g/mol. The lowest BCUT2D eigenvalue weighted by atomic mass is 10.2. The van der Waals surface area contributed by atoms with Gasteiger partial charge in [0.15, 0.2) is 0 Å². The van der Waals surface area contributed by atoms with E-state index >= 15 is 0 Å². The minimum atomic E-state index is 0.671. The number of quaternary nitrogens is 2. The van der Waals surface area contributed by atoms with Crippen molar-refractivity contribution in [2.24, 2.45) is 0 Å². The van der Waals surface area contributed by atoms with Crippen molar-refractivity contribution in [3.8, 4) is 0 Å². The molecule has 0 unspecified atom stereocenters. The minimum Gasteiger partial charge on any atom is -0.327 e. The lowest BCUT2D eigenvalue weighted by Gasteiger charge is -2.32. The van der Waals surface area contributed by atoms with Gasteiger partial charge in [-0.2, -0.15) is 0 Å². The van der Waals surface area contributed by atoms with Gasteiger partial charge in [-0.25, -0.2) is 0 Å². The zero-order chi connectivity index (χ0) is 19.9. The third-order valence-electron chi connectivity index (χ3n) is 6.94. The van der Waals surface area contributed by atoms with Gasteiger partial charge in [-0.1, -0.05) is 0 Å². The molecule has 158 valence electrons. The molecular weight excluding hydrogens is 336 g/mol. The summed E-state index contributed by atoms with van der Waals surface area (Å²) in [5, 5.41) is 0. The maximum Gasteiger partial charge on any atom is 0.107 e. The summed E-state index contributed by atoms with van der Waals surface area (Å²) in [5.74, 6) is 2.96. The van der Waals surface area contributed by atoms with Crippen LogP contribution in [0.3, 0.4) is 0 Å². The Morgan fingerprint density at radius 3 is 1.12 bits per heavy atom. The fourth-order valence-corrected chi connectivity index (χ4v) is 5.17. The molecule has 0 saturated heterocycles. The molecule has 3 heteroatoms. The Labute approximate surface area is 170 Å². The van der Waals surface area contributed by atoms with Gasteiger partial charge in [0.1, 0.15) is 11.5 Å². The molecule has 0 aromatic heterocycles. The predicted molar refractivity (Wildman–Crippen MR) is 124 cm³/mol. The molecular formula is C23H53N2S+3. The van der Waals surface area contributed by atoms with Crippen molar-refractivity contribution in [3.05, 3.63) is 0 Å². The first-order valence-electron chi connectivity index (χ1n) is 11.6. The molecule has 0 heterocycles. The predicted octanol–water partition coefficient (Wildman–Crippen LogP) is 5.33. The van der Waals surface area contributed by atoms with Gasteiger partial charge in [0.2, 0.25) is 0 Å². The van der Waals surface area contributed by atoms with E-state index in [4.69, 9.17) is 0 Å². The molecule has 0 saturated carbocycles. The molecule has 0 rings (SSSR count). The van der Waals surface area contributed by atoms with Crippen LogP contribution >= 0.6 is 0 Å². The zero-order valence-electron chi connectivity index (χ0n) is 19.6. The minimum absolute atomic E-state index is 0.671. The largest absolute Gasteiger partial charge is 0.327 e. The van der Waals surface area contributed by atoms with Crippen molar-refractivity contribution >= 4 is 10.9 Å². The van der Waals surface area contributed by atoms with Crippen molar-refractivity contribution in [2.45, 2.75) is 79.1 Å². The van der Waals surface area contributed by atoms with Gasteiger partial charge in [-0.15, -0.1) is 0 Å². The first-order chi connectivity index (χ1) is 12.3. The SMILES string of the molecule is CC[N+](C)(CC)CCCCCC[S+](C)CCCCCC[N+](C)(CC)CC. The Hall–Kier alpha value is 0.270. The molecule has 0 bridgehead atoms. The Kier molecular flexibility index (Phi) is 15.4. The van der Waals surface area contributed by atoms with Crippen LogP contribution in [-0.2, 0) is 10.9 Å². The van der Waals surface area contributed by atoms with Crippen LogP contribution in [-0.4, -0.2) is 80.1 Å². The summed E-state index contributed by atoms with van der Waals surface area (Å²) < 4.78 is 2.51. The molecule has 0 amide bonds. The summed E-state index contributed by atoms with van der Waals surface area (Å²) >= 11 is 0. The van der Waals surface area contributed by atoms with Gasteiger partial charge < -0.3 is 8.97 Å². The van der Waals surface area contributed by atoms with Crippen LogP contribution in [0.25, 0.3) is 0 Å². The highest BCUT2D eigenvalue weighted by molar-refractivity contribution is 7.96. The molecule has 0 atom stereocenters. The second-order valence-electron chi connectivity index (χ2n) is 8.97. The topological polar surface area (TPSA) is 0 Å². The van der Waals surface area contributed by atoms with Crippen LogP contribution in [0.1, 0.15) is 79.1 Å². The molecule has 0 radical (unpaired) electrons. The molecule has 0 fully saturated rings. The number of hydrogen-bond donors (Lipinski definition) is 0. The maximum atomic E-state index is 2.50. The van der Waals surface area contributed by atoms with E-state index in [1.165, 1.54) is 111 Å². The van der Waals surface area contributed by atoms with Crippen LogP contribution in [0.2, 0.25) is 0 Å². The molecule has 0 aromatic rings. The van der Waals surface area contributed by atoms with Gasteiger partial charge >= 0.3 is 0 Å². The van der Waals surface area contributed by atoms with E-state index in [0.717, 1.165) is 0 Å². The highest BCUT2D eigenvalue weighted by atomic mass is 32.2. The highest BCUT2D eigenvalue weighted by Crippen LogP contribution is 2.11. The molecule has 2 nitrogen and oxygen atoms in total. The summed E-state index contributed by atoms with van der Waals surface area (Å²) in [7, 11) is 5.49. The Bertz CT molecular complexity index is 281. The Morgan fingerprint density at radius 2 is 0.808 bits per heavy atom. The summed E-state index contributed by atoms with van der Waals surface area (Å²) in [6, 6.07) is 0. The van der Waals surface area contributed by atoms with Crippen LogP contribution < -0.4 is 0 Å². The van der Waals surface area contributed by atoms with E-state index in [-0.39, 0.29) is 0 Å². The number of unbranched alkanes of at least 4 members (excludes halogenated alkanes) is 6. The lowest BCUT2D eigenvalue weighted by molar-refractivity contribution is -0.906.